The number of benzene rings is 2. The molecule has 2 aliphatic heterocycles. The molecule has 2 aromatic rings. The second-order valence-corrected chi connectivity index (χ2v) is 9.29. The molecule has 6 heteroatoms. The Morgan fingerprint density at radius 2 is 1.91 bits per heavy atom. The van der Waals surface area contributed by atoms with Crippen LogP contribution in [0.3, 0.4) is 0 Å². The molecule has 2 aromatic carbocycles. The number of carbonyl (C=O) groups is 1. The molecule has 0 bridgehead atoms. The fourth-order valence-electron chi connectivity index (χ4n) is 4.84. The molecule has 2 saturated heterocycles. The Morgan fingerprint density at radius 3 is 2.62 bits per heavy atom. The van der Waals surface area contributed by atoms with Gasteiger partial charge in [-0.05, 0) is 75.0 Å². The van der Waals surface area contributed by atoms with Gasteiger partial charge in [0.15, 0.2) is 0 Å². The van der Waals surface area contributed by atoms with Crippen molar-refractivity contribution in [1.82, 2.24) is 4.90 Å². The largest absolute Gasteiger partial charge is 0.492 e. The lowest BCUT2D eigenvalue weighted by Crippen LogP contribution is -2.45. The number of carbonyl (C=O) groups excluding carboxylic acids is 1. The molecule has 1 N–H and O–H groups in total. The van der Waals surface area contributed by atoms with Gasteiger partial charge in [-0.15, -0.1) is 0 Å². The van der Waals surface area contributed by atoms with Crippen LogP contribution in [0.5, 0.6) is 5.75 Å². The van der Waals surface area contributed by atoms with Crippen LogP contribution in [0.1, 0.15) is 44.6 Å². The third-order valence-corrected chi connectivity index (χ3v) is 7.20. The number of halogens is 1. The van der Waals surface area contributed by atoms with E-state index in [0.717, 1.165) is 30.1 Å². The monoisotopic (exact) mass is 456 g/mol. The first-order valence-corrected chi connectivity index (χ1v) is 12.1. The predicted molar refractivity (Wildman–Crippen MR) is 129 cm³/mol. The lowest BCUT2D eigenvalue weighted by Gasteiger charge is -2.36. The summed E-state index contributed by atoms with van der Waals surface area (Å²) >= 11 is 6.49. The van der Waals surface area contributed by atoms with Crippen molar-refractivity contribution in [3.05, 3.63) is 59.1 Å². The van der Waals surface area contributed by atoms with Crippen molar-refractivity contribution in [1.29, 1.82) is 0 Å². The average molecular weight is 457 g/mol. The number of piperidine rings is 1. The fraction of sp³-hybridized carbons (Fsp3) is 0.500. The van der Waals surface area contributed by atoms with Gasteiger partial charge in [-0.3, -0.25) is 9.69 Å². The van der Waals surface area contributed by atoms with E-state index in [4.69, 9.17) is 21.1 Å². The van der Waals surface area contributed by atoms with Gasteiger partial charge in [0.25, 0.3) is 0 Å². The van der Waals surface area contributed by atoms with E-state index in [1.54, 1.807) is 0 Å². The van der Waals surface area contributed by atoms with Crippen LogP contribution in [0.15, 0.2) is 48.5 Å². The molecule has 0 radical (unpaired) electrons. The molecule has 4 rings (SSSR count). The SMILES string of the molecule is CC1CCCCN1CCOc1ccc(NC(=O)C2(c3ccccc3Cl)CCOCC2)cc1. The van der Waals surface area contributed by atoms with Crippen molar-refractivity contribution in [3.63, 3.8) is 0 Å². The highest BCUT2D eigenvalue weighted by Gasteiger charge is 2.43. The van der Waals surface area contributed by atoms with Crippen molar-refractivity contribution in [3.8, 4) is 5.75 Å². The highest BCUT2D eigenvalue weighted by molar-refractivity contribution is 6.31. The molecule has 0 saturated carbocycles. The van der Waals surface area contributed by atoms with Crippen molar-refractivity contribution < 1.29 is 14.3 Å². The number of nitrogens with one attached hydrogen (secondary N) is 1. The summed E-state index contributed by atoms with van der Waals surface area (Å²) in [4.78, 5) is 15.9. The standard InChI is InChI=1S/C26H33ClN2O3/c1-20-6-4-5-15-29(20)16-19-32-22-11-9-21(10-12-22)28-25(30)26(13-17-31-18-14-26)23-7-2-3-8-24(23)27/h2-3,7-12,20H,4-6,13-19H2,1H3,(H,28,30). The normalized spacial score (nSPS) is 21.1. The fourth-order valence-corrected chi connectivity index (χ4v) is 5.16. The molecule has 2 heterocycles. The lowest BCUT2D eigenvalue weighted by molar-refractivity contribution is -0.125. The summed E-state index contributed by atoms with van der Waals surface area (Å²) in [6.45, 7) is 6.16. The minimum Gasteiger partial charge on any atom is -0.492 e. The topological polar surface area (TPSA) is 50.8 Å². The van der Waals surface area contributed by atoms with Crippen LogP contribution < -0.4 is 10.1 Å². The number of nitrogens with zero attached hydrogens (tertiary/aromatic N) is 1. The number of anilines is 1. The van der Waals surface area contributed by atoms with Crippen LogP contribution in [0.4, 0.5) is 5.69 Å². The molecular formula is C26H33ClN2O3. The summed E-state index contributed by atoms with van der Waals surface area (Å²) < 4.78 is 11.5. The zero-order chi connectivity index (χ0) is 22.4. The predicted octanol–water partition coefficient (Wildman–Crippen LogP) is 5.28. The van der Waals surface area contributed by atoms with Crippen LogP contribution in [0, 0.1) is 0 Å². The summed E-state index contributed by atoms with van der Waals surface area (Å²) in [5.74, 6) is 0.779. The molecule has 5 nitrogen and oxygen atoms in total. The van der Waals surface area contributed by atoms with Crippen LogP contribution >= 0.6 is 11.6 Å². The van der Waals surface area contributed by atoms with Gasteiger partial charge in [0.05, 0.1) is 5.41 Å². The first kappa shape index (κ1) is 23.1. The van der Waals surface area contributed by atoms with Crippen LogP contribution in [0.25, 0.3) is 0 Å². The van der Waals surface area contributed by atoms with Gasteiger partial charge in [-0.2, -0.15) is 0 Å². The third-order valence-electron chi connectivity index (χ3n) is 6.87. The van der Waals surface area contributed by atoms with E-state index in [-0.39, 0.29) is 5.91 Å². The van der Waals surface area contributed by atoms with E-state index in [9.17, 15) is 4.79 Å². The van der Waals surface area contributed by atoms with E-state index in [2.05, 4.69) is 17.1 Å². The van der Waals surface area contributed by atoms with Gasteiger partial charge >= 0.3 is 0 Å². The lowest BCUT2D eigenvalue weighted by atomic mass is 9.73. The third kappa shape index (κ3) is 5.28. The summed E-state index contributed by atoms with van der Waals surface area (Å²) in [5, 5.41) is 3.72. The van der Waals surface area contributed by atoms with E-state index in [1.807, 2.05) is 48.5 Å². The molecule has 172 valence electrons. The van der Waals surface area contributed by atoms with Gasteiger partial charge in [0, 0.05) is 36.5 Å². The Morgan fingerprint density at radius 1 is 1.16 bits per heavy atom. The average Bonchev–Trinajstić information content (AvgIpc) is 2.82. The second kappa shape index (κ2) is 10.7. The van der Waals surface area contributed by atoms with E-state index in [1.165, 1.54) is 19.3 Å². The van der Waals surface area contributed by atoms with Crippen molar-refractivity contribution in [2.75, 3.05) is 38.2 Å². The summed E-state index contributed by atoms with van der Waals surface area (Å²) in [6, 6.07) is 15.9. The van der Waals surface area contributed by atoms with E-state index in [0.29, 0.717) is 43.7 Å². The molecule has 0 aliphatic carbocycles. The number of ether oxygens (including phenoxy) is 2. The highest BCUT2D eigenvalue weighted by atomic mass is 35.5. The van der Waals surface area contributed by atoms with Crippen molar-refractivity contribution in [2.45, 2.75) is 50.5 Å². The number of hydrogen-bond donors (Lipinski definition) is 1. The summed E-state index contributed by atoms with van der Waals surface area (Å²) in [6.07, 6.45) is 5.10. The molecule has 0 aromatic heterocycles. The number of likely N-dealkylation sites (tertiary alicyclic amines) is 1. The highest BCUT2D eigenvalue weighted by Crippen LogP contribution is 2.39. The Balaban J connectivity index is 1.37. The molecule has 2 fully saturated rings. The molecule has 1 atom stereocenters. The van der Waals surface area contributed by atoms with Crippen molar-refractivity contribution in [2.24, 2.45) is 0 Å². The smallest absolute Gasteiger partial charge is 0.235 e. The molecule has 1 amide bonds. The maximum Gasteiger partial charge on any atom is 0.235 e. The summed E-state index contributed by atoms with van der Waals surface area (Å²) in [5.41, 5.74) is 0.941. The van der Waals surface area contributed by atoms with Gasteiger partial charge in [0.2, 0.25) is 5.91 Å². The Labute approximate surface area is 196 Å². The summed E-state index contributed by atoms with van der Waals surface area (Å²) in [7, 11) is 0. The Hall–Kier alpha value is -2.08. The van der Waals surface area contributed by atoms with E-state index < -0.39 is 5.41 Å². The van der Waals surface area contributed by atoms with Crippen LogP contribution in [0.2, 0.25) is 5.02 Å². The maximum absolute atomic E-state index is 13.4. The molecule has 0 spiro atoms. The number of rotatable bonds is 7. The first-order valence-electron chi connectivity index (χ1n) is 11.7. The van der Waals surface area contributed by atoms with Crippen LogP contribution in [-0.4, -0.2) is 49.8 Å². The zero-order valence-electron chi connectivity index (χ0n) is 18.8. The second-order valence-electron chi connectivity index (χ2n) is 8.88. The molecule has 2 aliphatic rings. The number of hydrogen-bond acceptors (Lipinski definition) is 4. The minimum absolute atomic E-state index is 0.0401. The zero-order valence-corrected chi connectivity index (χ0v) is 19.6. The maximum atomic E-state index is 13.4. The van der Waals surface area contributed by atoms with Gasteiger partial charge in [-0.1, -0.05) is 36.2 Å². The van der Waals surface area contributed by atoms with E-state index >= 15 is 0 Å². The first-order chi connectivity index (χ1) is 15.6. The minimum atomic E-state index is -0.684. The molecule has 32 heavy (non-hydrogen) atoms. The van der Waals surface area contributed by atoms with Gasteiger partial charge in [-0.25, -0.2) is 0 Å². The van der Waals surface area contributed by atoms with Crippen molar-refractivity contribution >= 4 is 23.2 Å². The number of amides is 1. The van der Waals surface area contributed by atoms with Gasteiger partial charge < -0.3 is 14.8 Å². The quantitative estimate of drug-likeness (QED) is 0.615. The Bertz CT molecular complexity index is 896. The molecular weight excluding hydrogens is 424 g/mol. The van der Waals surface area contributed by atoms with Crippen LogP contribution in [-0.2, 0) is 14.9 Å². The molecule has 1 unspecified atom stereocenters. The Kier molecular flexibility index (Phi) is 7.71. The van der Waals surface area contributed by atoms with Gasteiger partial charge in [0.1, 0.15) is 12.4 Å².